The molecule has 17 heavy (non-hydrogen) atoms. The third-order valence-electron chi connectivity index (χ3n) is 3.76. The third-order valence-corrected chi connectivity index (χ3v) is 4.06. The maximum Gasteiger partial charge on any atom is 0.152 e. The van der Waals surface area contributed by atoms with Crippen molar-refractivity contribution in [1.29, 1.82) is 0 Å². The van der Waals surface area contributed by atoms with Crippen LogP contribution in [0.3, 0.4) is 0 Å². The number of hydrogen-bond acceptors (Lipinski definition) is 2. The van der Waals surface area contributed by atoms with Crippen molar-refractivity contribution in [1.82, 2.24) is 4.98 Å². The minimum atomic E-state index is 0.568. The summed E-state index contributed by atoms with van der Waals surface area (Å²) in [6.07, 6.45) is 8.31. The molecule has 0 amide bonds. The fourth-order valence-electron chi connectivity index (χ4n) is 2.59. The Morgan fingerprint density at radius 3 is 2.71 bits per heavy atom. The maximum absolute atomic E-state index is 6.10. The van der Waals surface area contributed by atoms with Crippen molar-refractivity contribution in [3.63, 3.8) is 0 Å². The number of anilines is 1. The van der Waals surface area contributed by atoms with Crippen LogP contribution in [0.15, 0.2) is 12.3 Å². The summed E-state index contributed by atoms with van der Waals surface area (Å²) in [5, 5.41) is 4.13. The van der Waals surface area contributed by atoms with Gasteiger partial charge in [0.15, 0.2) is 5.15 Å². The molecule has 0 unspecified atom stereocenters. The molecule has 1 heterocycles. The van der Waals surface area contributed by atoms with Gasteiger partial charge in [-0.2, -0.15) is 0 Å². The van der Waals surface area contributed by atoms with Gasteiger partial charge in [0.05, 0.1) is 5.69 Å². The largest absolute Gasteiger partial charge is 0.380 e. The van der Waals surface area contributed by atoms with E-state index in [0.29, 0.717) is 11.2 Å². The molecule has 1 N–H and O–H groups in total. The average Bonchev–Trinajstić information content (AvgIpc) is 2.35. The van der Waals surface area contributed by atoms with Crippen molar-refractivity contribution in [3.8, 4) is 0 Å². The minimum Gasteiger partial charge on any atom is -0.380 e. The molecule has 1 aliphatic carbocycles. The SMILES string of the molecule is CCC1CCC(Nc2cc(C)cnc2Cl)CC1. The Labute approximate surface area is 109 Å². The molecule has 0 bridgehead atoms. The molecule has 0 saturated heterocycles. The van der Waals surface area contributed by atoms with Gasteiger partial charge in [0, 0.05) is 12.2 Å². The standard InChI is InChI=1S/C14H21ClN2/c1-3-11-4-6-12(7-5-11)17-13-8-10(2)9-16-14(13)15/h8-9,11-12,17H,3-7H2,1-2H3. The Morgan fingerprint density at radius 2 is 2.06 bits per heavy atom. The normalized spacial score (nSPS) is 24.6. The summed E-state index contributed by atoms with van der Waals surface area (Å²) in [5.41, 5.74) is 2.14. The third kappa shape index (κ3) is 3.35. The van der Waals surface area contributed by atoms with Gasteiger partial charge in [-0.1, -0.05) is 24.9 Å². The Kier molecular flexibility index (Phi) is 4.27. The number of halogens is 1. The molecule has 1 fully saturated rings. The number of aryl methyl sites for hydroxylation is 1. The second kappa shape index (κ2) is 5.72. The van der Waals surface area contributed by atoms with E-state index in [9.17, 15) is 0 Å². The van der Waals surface area contributed by atoms with Crippen LogP contribution < -0.4 is 5.32 Å². The summed E-state index contributed by atoms with van der Waals surface area (Å²) in [4.78, 5) is 4.18. The van der Waals surface area contributed by atoms with E-state index < -0.39 is 0 Å². The molecular weight excluding hydrogens is 232 g/mol. The zero-order valence-corrected chi connectivity index (χ0v) is 11.4. The van der Waals surface area contributed by atoms with Crippen molar-refractivity contribution >= 4 is 17.3 Å². The summed E-state index contributed by atoms with van der Waals surface area (Å²) in [6.45, 7) is 4.34. The fraction of sp³-hybridized carbons (Fsp3) is 0.643. The van der Waals surface area contributed by atoms with Crippen molar-refractivity contribution < 1.29 is 0 Å². The van der Waals surface area contributed by atoms with E-state index in [1.807, 2.05) is 13.1 Å². The lowest BCUT2D eigenvalue weighted by Gasteiger charge is -2.29. The number of hydrogen-bond donors (Lipinski definition) is 1. The summed E-state index contributed by atoms with van der Waals surface area (Å²) in [7, 11) is 0. The molecule has 2 nitrogen and oxygen atoms in total. The van der Waals surface area contributed by atoms with Crippen LogP contribution in [0.2, 0.25) is 5.15 Å². The Bertz CT molecular complexity index is 370. The van der Waals surface area contributed by atoms with E-state index in [1.54, 1.807) is 0 Å². The van der Waals surface area contributed by atoms with Crippen LogP contribution in [0, 0.1) is 12.8 Å². The van der Waals surface area contributed by atoms with E-state index in [-0.39, 0.29) is 0 Å². The summed E-state index contributed by atoms with van der Waals surface area (Å²) in [6, 6.07) is 2.65. The second-order valence-corrected chi connectivity index (χ2v) is 5.48. The van der Waals surface area contributed by atoms with Gasteiger partial charge in [-0.05, 0) is 50.2 Å². The predicted octanol–water partition coefficient (Wildman–Crippen LogP) is 4.42. The molecule has 0 aliphatic heterocycles. The molecule has 0 aromatic carbocycles. The van der Waals surface area contributed by atoms with Crippen molar-refractivity contribution in [3.05, 3.63) is 23.0 Å². The van der Waals surface area contributed by atoms with E-state index in [0.717, 1.165) is 17.2 Å². The van der Waals surface area contributed by atoms with Gasteiger partial charge in [-0.15, -0.1) is 0 Å². The average molecular weight is 253 g/mol. The van der Waals surface area contributed by atoms with Crippen molar-refractivity contribution in [2.75, 3.05) is 5.32 Å². The first-order valence-electron chi connectivity index (χ1n) is 6.57. The molecular formula is C14H21ClN2. The molecule has 1 aliphatic rings. The van der Waals surface area contributed by atoms with Crippen LogP contribution in [-0.4, -0.2) is 11.0 Å². The van der Waals surface area contributed by atoms with E-state index in [4.69, 9.17) is 11.6 Å². The topological polar surface area (TPSA) is 24.9 Å². The molecule has 0 spiro atoms. The molecule has 1 saturated carbocycles. The van der Waals surface area contributed by atoms with Gasteiger partial charge in [0.2, 0.25) is 0 Å². The van der Waals surface area contributed by atoms with Crippen LogP contribution in [0.25, 0.3) is 0 Å². The van der Waals surface area contributed by atoms with Crippen LogP contribution in [0.1, 0.15) is 44.6 Å². The van der Waals surface area contributed by atoms with E-state index in [2.05, 4.69) is 23.3 Å². The number of nitrogens with zero attached hydrogens (tertiary/aromatic N) is 1. The van der Waals surface area contributed by atoms with Gasteiger partial charge in [-0.3, -0.25) is 0 Å². The van der Waals surface area contributed by atoms with Crippen LogP contribution in [-0.2, 0) is 0 Å². The highest BCUT2D eigenvalue weighted by Gasteiger charge is 2.20. The van der Waals surface area contributed by atoms with Crippen LogP contribution in [0.4, 0.5) is 5.69 Å². The lowest BCUT2D eigenvalue weighted by atomic mass is 9.84. The molecule has 0 radical (unpaired) electrons. The summed E-state index contributed by atoms with van der Waals surface area (Å²) >= 11 is 6.10. The first kappa shape index (κ1) is 12.7. The number of pyridine rings is 1. The molecule has 1 aromatic rings. The zero-order chi connectivity index (χ0) is 12.3. The number of rotatable bonds is 3. The minimum absolute atomic E-state index is 0.568. The van der Waals surface area contributed by atoms with Crippen molar-refractivity contribution in [2.24, 2.45) is 5.92 Å². The van der Waals surface area contributed by atoms with E-state index >= 15 is 0 Å². The van der Waals surface area contributed by atoms with Crippen LogP contribution >= 0.6 is 11.6 Å². The molecule has 2 rings (SSSR count). The Balaban J connectivity index is 1.95. The molecule has 94 valence electrons. The fourth-order valence-corrected chi connectivity index (χ4v) is 2.75. The molecule has 0 atom stereocenters. The molecule has 3 heteroatoms. The highest BCUT2D eigenvalue weighted by atomic mass is 35.5. The van der Waals surface area contributed by atoms with Gasteiger partial charge in [-0.25, -0.2) is 4.98 Å². The summed E-state index contributed by atoms with van der Waals surface area (Å²) < 4.78 is 0. The Hall–Kier alpha value is -0.760. The lowest BCUT2D eigenvalue weighted by molar-refractivity contribution is 0.330. The maximum atomic E-state index is 6.10. The monoisotopic (exact) mass is 252 g/mol. The predicted molar refractivity (Wildman–Crippen MR) is 73.6 cm³/mol. The Morgan fingerprint density at radius 1 is 1.35 bits per heavy atom. The second-order valence-electron chi connectivity index (χ2n) is 5.12. The smallest absolute Gasteiger partial charge is 0.152 e. The first-order chi connectivity index (χ1) is 8.19. The molecule has 1 aromatic heterocycles. The lowest BCUT2D eigenvalue weighted by Crippen LogP contribution is -2.26. The van der Waals surface area contributed by atoms with Gasteiger partial charge in [0.25, 0.3) is 0 Å². The highest BCUT2D eigenvalue weighted by Crippen LogP contribution is 2.30. The van der Waals surface area contributed by atoms with Gasteiger partial charge < -0.3 is 5.32 Å². The summed E-state index contributed by atoms with van der Waals surface area (Å²) in [5.74, 6) is 0.930. The first-order valence-corrected chi connectivity index (χ1v) is 6.95. The number of aromatic nitrogens is 1. The van der Waals surface area contributed by atoms with Crippen LogP contribution in [0.5, 0.6) is 0 Å². The van der Waals surface area contributed by atoms with Gasteiger partial charge in [0.1, 0.15) is 0 Å². The quantitative estimate of drug-likeness (QED) is 0.806. The number of nitrogens with one attached hydrogen (secondary N) is 1. The zero-order valence-electron chi connectivity index (χ0n) is 10.7. The van der Waals surface area contributed by atoms with E-state index in [1.165, 1.54) is 32.1 Å². The van der Waals surface area contributed by atoms with Crippen molar-refractivity contribution in [2.45, 2.75) is 52.0 Å². The van der Waals surface area contributed by atoms with Gasteiger partial charge >= 0.3 is 0 Å². The highest BCUT2D eigenvalue weighted by molar-refractivity contribution is 6.31.